The number of nitriles is 1. The van der Waals surface area contributed by atoms with Crippen LogP contribution in [0.3, 0.4) is 0 Å². The van der Waals surface area contributed by atoms with Crippen LogP contribution in [-0.4, -0.2) is 5.71 Å². The van der Waals surface area contributed by atoms with E-state index in [1.807, 2.05) is 114 Å². The standard InChI is InChI=1S/C43H36N4.C5H8.2C2H6/c1-3-4-5-18-41-39-28-34(21-20-33(39)15-8-10-24-46-41)35-22-23-43-38(27-35)31(2)13-9-11-25-47(43)42-19-7-6-17-37(42)40(30-45)36-16-12-14-32(26-36)29-44;1-3-5-4-2;2*1-2/h5-28,30H,2-4,45H2,1H3;3-5H,1H2,2H3;2*1-2H3/b10-8?,13-9-,15-8-,18-5-,24-10-,25-11-,33-15?,40-30-,41-39?,46-24?,46-41+;5-4-;;. The molecule has 2 heterocycles. The lowest BCUT2D eigenvalue weighted by Gasteiger charge is -2.28. The lowest BCUT2D eigenvalue weighted by atomic mass is 9.92. The summed E-state index contributed by atoms with van der Waals surface area (Å²) in [6.45, 7) is 20.1. The van der Waals surface area contributed by atoms with Crippen molar-refractivity contribution in [1.82, 2.24) is 0 Å². The second-order valence-electron chi connectivity index (χ2n) is 12.1. The van der Waals surface area contributed by atoms with Crippen molar-refractivity contribution < 1.29 is 0 Å². The third kappa shape index (κ3) is 11.4. The topological polar surface area (TPSA) is 65.4 Å². The summed E-state index contributed by atoms with van der Waals surface area (Å²) in [6, 6.07) is 31.1. The molecule has 4 heteroatoms. The van der Waals surface area contributed by atoms with E-state index in [2.05, 4.69) is 104 Å². The third-order valence-electron chi connectivity index (χ3n) is 8.58. The number of hydrogen-bond acceptors (Lipinski definition) is 4. The fourth-order valence-corrected chi connectivity index (χ4v) is 6.02. The maximum Gasteiger partial charge on any atom is 0.0991 e. The Morgan fingerprint density at radius 2 is 1.57 bits per heavy atom. The first-order valence-corrected chi connectivity index (χ1v) is 19.5. The normalized spacial score (nSPS) is 16.1. The number of anilines is 2. The van der Waals surface area contributed by atoms with E-state index in [4.69, 9.17) is 10.7 Å². The van der Waals surface area contributed by atoms with Crippen LogP contribution in [0, 0.1) is 11.3 Å². The zero-order valence-electron chi connectivity index (χ0n) is 33.9. The van der Waals surface area contributed by atoms with Crippen molar-refractivity contribution in [1.29, 1.82) is 5.26 Å². The molecule has 6 rings (SSSR count). The van der Waals surface area contributed by atoms with Gasteiger partial charge in [0.05, 0.1) is 28.7 Å². The maximum absolute atomic E-state index is 9.53. The number of rotatable bonds is 8. The molecule has 2 aliphatic rings. The zero-order valence-corrected chi connectivity index (χ0v) is 33.9. The first-order chi connectivity index (χ1) is 27.5. The predicted octanol–water partition coefficient (Wildman–Crippen LogP) is 14.3. The Balaban J connectivity index is 0.000000855. The van der Waals surface area contributed by atoms with Crippen LogP contribution >= 0.6 is 0 Å². The highest BCUT2D eigenvalue weighted by molar-refractivity contribution is 6.12. The van der Waals surface area contributed by atoms with Crippen LogP contribution in [0.1, 0.15) is 87.8 Å². The van der Waals surface area contributed by atoms with E-state index in [-0.39, 0.29) is 0 Å². The summed E-state index contributed by atoms with van der Waals surface area (Å²) in [5.41, 5.74) is 18.8. The second-order valence-corrected chi connectivity index (χ2v) is 12.1. The van der Waals surface area contributed by atoms with Crippen molar-refractivity contribution in [3.63, 3.8) is 0 Å². The molecule has 0 aromatic heterocycles. The molecule has 0 saturated heterocycles. The van der Waals surface area contributed by atoms with E-state index in [9.17, 15) is 5.26 Å². The van der Waals surface area contributed by atoms with Gasteiger partial charge in [0.15, 0.2) is 0 Å². The summed E-state index contributed by atoms with van der Waals surface area (Å²) in [6.07, 6.45) is 29.7. The Hall–Kier alpha value is -6.70. The van der Waals surface area contributed by atoms with E-state index < -0.39 is 0 Å². The monoisotopic (exact) mass is 736 g/mol. The number of nitrogens with two attached hydrogens (primary N) is 1. The Labute approximate surface area is 336 Å². The molecule has 0 spiro atoms. The van der Waals surface area contributed by atoms with Crippen LogP contribution in [0.15, 0.2) is 182 Å². The molecule has 56 heavy (non-hydrogen) atoms. The van der Waals surface area contributed by atoms with Gasteiger partial charge in [0.2, 0.25) is 0 Å². The molecule has 2 N–H and O–H groups in total. The van der Waals surface area contributed by atoms with Gasteiger partial charge in [-0.25, -0.2) is 0 Å². The van der Waals surface area contributed by atoms with Crippen LogP contribution in [0.4, 0.5) is 11.4 Å². The molecule has 2 aliphatic heterocycles. The van der Waals surface area contributed by atoms with E-state index in [1.165, 1.54) is 0 Å². The van der Waals surface area contributed by atoms with Gasteiger partial charge in [0.1, 0.15) is 0 Å². The highest BCUT2D eigenvalue weighted by Crippen LogP contribution is 2.41. The number of unbranched alkanes of at least 4 members (excludes halogenated alkanes) is 1. The van der Waals surface area contributed by atoms with Gasteiger partial charge in [-0.05, 0) is 95.8 Å². The van der Waals surface area contributed by atoms with E-state index in [0.717, 1.165) is 80.0 Å². The van der Waals surface area contributed by atoms with Gasteiger partial charge in [0.25, 0.3) is 0 Å². The SMILES string of the molecule is C=C/C=C\C.C=C1/C=C\C=C/N(c2ccccc2/C(=C\N)c2cccc(C#N)c2)c2ccc(-c3ccc4c(c3)C(/C=C\CCC)=N/C=C\C=C/4)cc21.CC.CC. The minimum atomic E-state index is 0.584. The second kappa shape index (κ2) is 23.9. The van der Waals surface area contributed by atoms with Crippen molar-refractivity contribution >= 4 is 34.3 Å². The molecule has 0 radical (unpaired) electrons. The zero-order chi connectivity index (χ0) is 40.7. The van der Waals surface area contributed by atoms with Gasteiger partial charge >= 0.3 is 0 Å². The van der Waals surface area contributed by atoms with Crippen LogP contribution in [0.2, 0.25) is 0 Å². The fraction of sp³-hybridized carbons (Fsp3) is 0.154. The number of allylic oxidation sites excluding steroid dienone is 11. The molecule has 284 valence electrons. The molecular formula is C52H56N4. The summed E-state index contributed by atoms with van der Waals surface area (Å²) in [4.78, 5) is 6.95. The smallest absolute Gasteiger partial charge is 0.0991 e. The molecular weight excluding hydrogens is 681 g/mol. The van der Waals surface area contributed by atoms with Crippen molar-refractivity contribution in [3.05, 3.63) is 211 Å². The Kier molecular flexibility index (Phi) is 18.6. The van der Waals surface area contributed by atoms with Crippen molar-refractivity contribution in [2.45, 2.75) is 54.4 Å². The van der Waals surface area contributed by atoms with Gasteiger partial charge in [0, 0.05) is 40.9 Å². The molecule has 0 aliphatic carbocycles. The van der Waals surface area contributed by atoms with E-state index >= 15 is 0 Å². The van der Waals surface area contributed by atoms with Gasteiger partial charge in [-0.15, -0.1) is 0 Å². The fourth-order valence-electron chi connectivity index (χ4n) is 6.02. The molecule has 0 bridgehead atoms. The van der Waals surface area contributed by atoms with Gasteiger partial charge < -0.3 is 10.6 Å². The molecule has 4 aromatic rings. The molecule has 4 nitrogen and oxygen atoms in total. The number of hydrogen-bond donors (Lipinski definition) is 1. The number of nitrogens with zero attached hydrogens (tertiary/aromatic N) is 3. The van der Waals surface area contributed by atoms with Crippen LogP contribution in [-0.2, 0) is 0 Å². The average Bonchev–Trinajstić information content (AvgIpc) is 3.24. The average molecular weight is 737 g/mol. The number of benzene rings is 4. The molecule has 0 amide bonds. The van der Waals surface area contributed by atoms with E-state index in [1.54, 1.807) is 18.3 Å². The van der Waals surface area contributed by atoms with Crippen molar-refractivity contribution in [2.75, 3.05) is 4.90 Å². The van der Waals surface area contributed by atoms with Gasteiger partial charge in [-0.2, -0.15) is 5.26 Å². The first kappa shape index (κ1) is 43.7. The Bertz CT molecular complexity index is 2230. The largest absolute Gasteiger partial charge is 0.404 e. The molecule has 0 atom stereocenters. The van der Waals surface area contributed by atoms with Crippen molar-refractivity contribution in [2.24, 2.45) is 10.7 Å². The lowest BCUT2D eigenvalue weighted by molar-refractivity contribution is 0.959. The van der Waals surface area contributed by atoms with Crippen molar-refractivity contribution in [3.8, 4) is 17.2 Å². The summed E-state index contributed by atoms with van der Waals surface area (Å²) in [5, 5.41) is 9.53. The summed E-state index contributed by atoms with van der Waals surface area (Å²) >= 11 is 0. The summed E-state index contributed by atoms with van der Waals surface area (Å²) in [7, 11) is 0. The van der Waals surface area contributed by atoms with Crippen LogP contribution < -0.4 is 10.6 Å². The van der Waals surface area contributed by atoms with Gasteiger partial charge in [-0.3, -0.25) is 4.99 Å². The number of fused-ring (bicyclic) bond motifs is 2. The molecule has 0 unspecified atom stereocenters. The highest BCUT2D eigenvalue weighted by Gasteiger charge is 2.20. The molecule has 4 aromatic carbocycles. The summed E-state index contributed by atoms with van der Waals surface area (Å²) in [5.74, 6) is 0. The molecule has 0 fully saturated rings. The minimum absolute atomic E-state index is 0.584. The number of aliphatic imine (C=N–C) groups is 1. The third-order valence-corrected chi connectivity index (χ3v) is 8.58. The van der Waals surface area contributed by atoms with Crippen LogP contribution in [0.5, 0.6) is 0 Å². The van der Waals surface area contributed by atoms with Crippen LogP contribution in [0.25, 0.3) is 28.3 Å². The van der Waals surface area contributed by atoms with Gasteiger partial charge in [-0.1, -0.05) is 151 Å². The predicted molar refractivity (Wildman–Crippen MR) is 247 cm³/mol. The summed E-state index contributed by atoms with van der Waals surface area (Å²) < 4.78 is 0. The lowest BCUT2D eigenvalue weighted by Crippen LogP contribution is -2.14. The van der Waals surface area contributed by atoms with E-state index in [0.29, 0.717) is 5.56 Å². The molecule has 0 saturated carbocycles. The Morgan fingerprint density at radius 1 is 0.839 bits per heavy atom. The number of para-hydroxylation sites is 1. The highest BCUT2D eigenvalue weighted by atomic mass is 15.1. The minimum Gasteiger partial charge on any atom is -0.404 e. The maximum atomic E-state index is 9.53. The first-order valence-electron chi connectivity index (χ1n) is 19.5. The quantitative estimate of drug-likeness (QED) is 0.183. The Morgan fingerprint density at radius 3 is 2.27 bits per heavy atom.